The van der Waals surface area contributed by atoms with Crippen LogP contribution in [-0.2, 0) is 10.8 Å². The number of hydrogen-bond donors (Lipinski definition) is 0. The highest BCUT2D eigenvalue weighted by molar-refractivity contribution is 5.42. The van der Waals surface area contributed by atoms with Crippen LogP contribution < -0.4 is 4.74 Å². The lowest BCUT2D eigenvalue weighted by molar-refractivity contribution is 0.348. The van der Waals surface area contributed by atoms with E-state index < -0.39 is 0 Å². The molecule has 2 rings (SSSR count). The van der Waals surface area contributed by atoms with Crippen molar-refractivity contribution in [1.29, 1.82) is 10.5 Å². The summed E-state index contributed by atoms with van der Waals surface area (Å²) < 4.78 is 4.84. The molecule has 0 aromatic heterocycles. The minimum Gasteiger partial charge on any atom is -0.388 e. The summed E-state index contributed by atoms with van der Waals surface area (Å²) in [4.78, 5) is 0. The van der Waals surface area contributed by atoms with Gasteiger partial charge in [0.15, 0.2) is 0 Å². The maximum absolute atomic E-state index is 9.39. The Morgan fingerprint density at radius 3 is 2.08 bits per heavy atom. The Morgan fingerprint density at radius 1 is 0.875 bits per heavy atom. The van der Waals surface area contributed by atoms with Crippen molar-refractivity contribution >= 4 is 0 Å². The van der Waals surface area contributed by atoms with Crippen LogP contribution in [0.3, 0.4) is 0 Å². The number of ether oxygens (including phenoxy) is 1. The molecule has 0 aliphatic rings. The van der Waals surface area contributed by atoms with Gasteiger partial charge in [0.25, 0.3) is 6.26 Å². The van der Waals surface area contributed by atoms with Gasteiger partial charge in [-0.2, -0.15) is 5.26 Å². The summed E-state index contributed by atoms with van der Waals surface area (Å²) in [5.74, 6) is 0.547. The Morgan fingerprint density at radius 2 is 1.50 bits per heavy atom. The average Bonchev–Trinajstić information content (AvgIpc) is 2.54. The first-order chi connectivity index (χ1) is 11.3. The van der Waals surface area contributed by atoms with E-state index in [9.17, 15) is 5.26 Å². The maximum atomic E-state index is 9.39. The third kappa shape index (κ3) is 3.76. The van der Waals surface area contributed by atoms with Crippen LogP contribution in [0.1, 0.15) is 50.8 Å². The molecule has 3 nitrogen and oxygen atoms in total. The predicted molar refractivity (Wildman–Crippen MR) is 94.5 cm³/mol. The normalized spacial score (nSPS) is 11.4. The van der Waals surface area contributed by atoms with Crippen LogP contribution in [0.2, 0.25) is 0 Å². The number of rotatable bonds is 5. The summed E-state index contributed by atoms with van der Waals surface area (Å²) in [6.45, 7) is 8.75. The van der Waals surface area contributed by atoms with Gasteiger partial charge in [-0.05, 0) is 46.6 Å². The minimum absolute atomic E-state index is 0.0861. The summed E-state index contributed by atoms with van der Waals surface area (Å²) in [6, 6.07) is 17.7. The zero-order chi connectivity index (χ0) is 17.8. The zero-order valence-electron chi connectivity index (χ0n) is 14.6. The molecule has 0 aliphatic carbocycles. The number of hydrogen-bond acceptors (Lipinski definition) is 3. The summed E-state index contributed by atoms with van der Waals surface area (Å²) in [5, 5.41) is 18.0. The van der Waals surface area contributed by atoms with Gasteiger partial charge < -0.3 is 4.74 Å². The fraction of sp³-hybridized carbons (Fsp3) is 0.333. The number of nitriles is 2. The molecule has 3 heteroatoms. The fourth-order valence-corrected chi connectivity index (χ4v) is 3.50. The van der Waals surface area contributed by atoms with Gasteiger partial charge in [-0.3, -0.25) is 0 Å². The SMILES string of the molecule is CC(C)(CC(C)(C)c1ccccc1C#N)c1ccc(OC#N)cc1. The van der Waals surface area contributed by atoms with Crippen molar-refractivity contribution in [2.45, 2.75) is 44.9 Å². The Bertz CT molecular complexity index is 790. The van der Waals surface area contributed by atoms with Crippen molar-refractivity contribution < 1.29 is 4.74 Å². The van der Waals surface area contributed by atoms with Gasteiger partial charge in [-0.15, -0.1) is 5.26 Å². The van der Waals surface area contributed by atoms with E-state index in [1.165, 1.54) is 5.56 Å². The Labute approximate surface area is 144 Å². The zero-order valence-corrected chi connectivity index (χ0v) is 14.6. The molecular weight excluding hydrogens is 296 g/mol. The lowest BCUT2D eigenvalue weighted by Crippen LogP contribution is -2.30. The quantitative estimate of drug-likeness (QED) is 0.724. The molecule has 2 aromatic carbocycles. The number of benzene rings is 2. The first-order valence-corrected chi connectivity index (χ1v) is 7.96. The Hall–Kier alpha value is -2.78. The van der Waals surface area contributed by atoms with E-state index in [1.54, 1.807) is 6.26 Å². The third-order valence-electron chi connectivity index (χ3n) is 4.46. The molecule has 0 saturated heterocycles. The highest BCUT2D eigenvalue weighted by Gasteiger charge is 2.32. The van der Waals surface area contributed by atoms with Crippen LogP contribution in [0.5, 0.6) is 5.75 Å². The van der Waals surface area contributed by atoms with Crippen molar-refractivity contribution in [3.63, 3.8) is 0 Å². The summed E-state index contributed by atoms with van der Waals surface area (Å²) in [5.41, 5.74) is 2.76. The first-order valence-electron chi connectivity index (χ1n) is 7.96. The van der Waals surface area contributed by atoms with Gasteiger partial charge in [-0.1, -0.05) is 58.0 Å². The van der Waals surface area contributed by atoms with Gasteiger partial charge in [0.1, 0.15) is 5.75 Å². The summed E-state index contributed by atoms with van der Waals surface area (Å²) in [6.07, 6.45) is 2.57. The minimum atomic E-state index is -0.141. The third-order valence-corrected chi connectivity index (χ3v) is 4.46. The fourth-order valence-electron chi connectivity index (χ4n) is 3.50. The second kappa shape index (κ2) is 6.77. The highest BCUT2D eigenvalue weighted by Crippen LogP contribution is 2.40. The summed E-state index contributed by atoms with van der Waals surface area (Å²) >= 11 is 0. The molecule has 122 valence electrons. The van der Waals surface area contributed by atoms with E-state index in [0.29, 0.717) is 5.75 Å². The standard InChI is InChI=1S/C21H22N2O/c1-20(2,17-9-11-18(12-10-17)24-15-23)14-21(3,4)19-8-6-5-7-16(19)13-22/h5-12H,14H2,1-4H3. The van der Waals surface area contributed by atoms with E-state index in [-0.39, 0.29) is 10.8 Å². The van der Waals surface area contributed by atoms with Crippen molar-refractivity contribution in [2.75, 3.05) is 0 Å². The monoisotopic (exact) mass is 318 g/mol. The molecule has 0 spiro atoms. The molecule has 0 bridgehead atoms. The molecule has 0 radical (unpaired) electrons. The molecule has 0 saturated carbocycles. The van der Waals surface area contributed by atoms with Gasteiger partial charge in [-0.25, -0.2) is 0 Å². The van der Waals surface area contributed by atoms with Crippen molar-refractivity contribution in [3.8, 4) is 18.1 Å². The topological polar surface area (TPSA) is 56.8 Å². The molecule has 0 unspecified atom stereocenters. The van der Waals surface area contributed by atoms with E-state index in [2.05, 4.69) is 33.8 Å². The molecule has 0 aliphatic heterocycles. The molecule has 2 aromatic rings. The van der Waals surface area contributed by atoms with Crippen LogP contribution >= 0.6 is 0 Å². The molecule has 0 fully saturated rings. The van der Waals surface area contributed by atoms with Gasteiger partial charge in [0.05, 0.1) is 11.6 Å². The smallest absolute Gasteiger partial charge is 0.292 e. The van der Waals surface area contributed by atoms with E-state index in [4.69, 9.17) is 10.00 Å². The second-order valence-electron chi connectivity index (χ2n) is 7.32. The largest absolute Gasteiger partial charge is 0.388 e. The van der Waals surface area contributed by atoms with Crippen LogP contribution in [0.4, 0.5) is 0 Å². The predicted octanol–water partition coefficient (Wildman–Crippen LogP) is 5.06. The van der Waals surface area contributed by atoms with Crippen LogP contribution in [0.15, 0.2) is 48.5 Å². The van der Waals surface area contributed by atoms with Crippen molar-refractivity contribution in [2.24, 2.45) is 0 Å². The lowest BCUT2D eigenvalue weighted by Gasteiger charge is -2.36. The number of nitrogens with zero attached hydrogens (tertiary/aromatic N) is 2. The van der Waals surface area contributed by atoms with Gasteiger partial charge in [0, 0.05) is 0 Å². The molecule has 0 atom stereocenters. The lowest BCUT2D eigenvalue weighted by atomic mass is 9.68. The first kappa shape index (κ1) is 17.6. The molecule has 0 N–H and O–H groups in total. The van der Waals surface area contributed by atoms with Gasteiger partial charge >= 0.3 is 0 Å². The Kier molecular flexibility index (Phi) is 4.96. The van der Waals surface area contributed by atoms with Crippen LogP contribution in [-0.4, -0.2) is 0 Å². The Balaban J connectivity index is 2.30. The van der Waals surface area contributed by atoms with Crippen molar-refractivity contribution in [3.05, 3.63) is 65.2 Å². The van der Waals surface area contributed by atoms with Crippen molar-refractivity contribution in [1.82, 2.24) is 0 Å². The van der Waals surface area contributed by atoms with E-state index >= 15 is 0 Å². The second-order valence-corrected chi connectivity index (χ2v) is 7.32. The molecule has 24 heavy (non-hydrogen) atoms. The highest BCUT2D eigenvalue weighted by atomic mass is 16.5. The molecule has 0 heterocycles. The molecular formula is C21H22N2O. The average molecular weight is 318 g/mol. The maximum Gasteiger partial charge on any atom is 0.292 e. The van der Waals surface area contributed by atoms with E-state index in [1.807, 2.05) is 48.5 Å². The summed E-state index contributed by atoms with van der Waals surface area (Å²) in [7, 11) is 0. The molecule has 0 amide bonds. The van der Waals surface area contributed by atoms with Crippen LogP contribution in [0, 0.1) is 22.8 Å². The van der Waals surface area contributed by atoms with Crippen LogP contribution in [0.25, 0.3) is 0 Å². The van der Waals surface area contributed by atoms with Gasteiger partial charge in [0.2, 0.25) is 0 Å². The van der Waals surface area contributed by atoms with E-state index in [0.717, 1.165) is 17.5 Å².